The molecule has 0 aromatic carbocycles. The van der Waals surface area contributed by atoms with Crippen LogP contribution in [-0.4, -0.2) is 22.8 Å². The zero-order valence-corrected chi connectivity index (χ0v) is 9.05. The van der Waals surface area contributed by atoms with Crippen LogP contribution < -0.4 is 5.32 Å². The zero-order chi connectivity index (χ0) is 9.81. The normalized spacial score (nSPS) is 55.3. The first-order chi connectivity index (χ1) is 6.63. The highest BCUT2D eigenvalue weighted by Crippen LogP contribution is 2.57. The molecule has 2 unspecified atom stereocenters. The molecule has 4 aliphatic rings. The Balaban J connectivity index is 1.89. The molecule has 0 aromatic rings. The summed E-state index contributed by atoms with van der Waals surface area (Å²) in [4.78, 5) is 0. The summed E-state index contributed by atoms with van der Waals surface area (Å²) in [6.45, 7) is 3.23. The second kappa shape index (κ2) is 2.73. The highest BCUT2D eigenvalue weighted by Gasteiger charge is 2.56. The third-order valence-corrected chi connectivity index (χ3v) is 4.58. The van der Waals surface area contributed by atoms with E-state index < -0.39 is 0 Å². The Labute approximate surface area is 86.1 Å². The van der Waals surface area contributed by atoms with E-state index >= 15 is 0 Å². The van der Waals surface area contributed by atoms with Gasteiger partial charge in [-0.25, -0.2) is 0 Å². The van der Waals surface area contributed by atoms with Crippen LogP contribution in [0.15, 0.2) is 0 Å². The Hall–Kier alpha value is -0.0800. The Morgan fingerprint density at radius 1 is 1.21 bits per heavy atom. The van der Waals surface area contributed by atoms with Crippen LogP contribution in [0.25, 0.3) is 0 Å². The summed E-state index contributed by atoms with van der Waals surface area (Å²) < 4.78 is 0. The van der Waals surface area contributed by atoms with Gasteiger partial charge in [-0.1, -0.05) is 6.92 Å². The van der Waals surface area contributed by atoms with Gasteiger partial charge in [0.2, 0.25) is 0 Å². The highest BCUT2D eigenvalue weighted by atomic mass is 16.3. The number of hydrogen-bond donors (Lipinski definition) is 2. The van der Waals surface area contributed by atoms with E-state index in [1.807, 2.05) is 0 Å². The second-order valence-electron chi connectivity index (χ2n) is 6.00. The monoisotopic (exact) mass is 195 g/mol. The van der Waals surface area contributed by atoms with E-state index in [1.54, 1.807) is 0 Å². The first kappa shape index (κ1) is 9.17. The standard InChI is InChI=1S/C12H21NO/c1-2-13-11-4-9-3-10(5-11)7-12(14,6-9)8-11/h9-10,13-14H,2-8H2,1H3. The molecule has 4 saturated carbocycles. The first-order valence-electron chi connectivity index (χ1n) is 6.11. The fraction of sp³-hybridized carbons (Fsp3) is 1.00. The molecule has 0 aliphatic heterocycles. The predicted octanol–water partition coefficient (Wildman–Crippen LogP) is 1.68. The van der Waals surface area contributed by atoms with Crippen LogP contribution in [0.5, 0.6) is 0 Å². The molecule has 0 heterocycles. The van der Waals surface area contributed by atoms with Gasteiger partial charge in [0.1, 0.15) is 0 Å². The molecular weight excluding hydrogens is 174 g/mol. The van der Waals surface area contributed by atoms with Crippen molar-refractivity contribution >= 4 is 0 Å². The van der Waals surface area contributed by atoms with Crippen molar-refractivity contribution in [2.24, 2.45) is 11.8 Å². The van der Waals surface area contributed by atoms with Crippen LogP contribution in [0.2, 0.25) is 0 Å². The van der Waals surface area contributed by atoms with Gasteiger partial charge in [0, 0.05) is 5.54 Å². The fourth-order valence-electron chi connectivity index (χ4n) is 4.80. The van der Waals surface area contributed by atoms with Crippen molar-refractivity contribution in [2.75, 3.05) is 6.54 Å². The third kappa shape index (κ3) is 1.24. The maximum absolute atomic E-state index is 10.5. The molecule has 2 N–H and O–H groups in total. The largest absolute Gasteiger partial charge is 0.390 e. The summed E-state index contributed by atoms with van der Waals surface area (Å²) >= 11 is 0. The molecule has 2 atom stereocenters. The van der Waals surface area contributed by atoms with Crippen molar-refractivity contribution in [2.45, 2.75) is 56.6 Å². The van der Waals surface area contributed by atoms with E-state index in [0.29, 0.717) is 5.54 Å². The van der Waals surface area contributed by atoms with Crippen LogP contribution in [0.1, 0.15) is 45.4 Å². The average Bonchev–Trinajstić information content (AvgIpc) is 1.97. The molecule has 4 bridgehead atoms. The predicted molar refractivity (Wildman–Crippen MR) is 56.0 cm³/mol. The van der Waals surface area contributed by atoms with E-state index in [-0.39, 0.29) is 5.60 Å². The van der Waals surface area contributed by atoms with Crippen LogP contribution >= 0.6 is 0 Å². The highest BCUT2D eigenvalue weighted by molar-refractivity contribution is 5.12. The molecule has 4 aliphatic carbocycles. The molecule has 0 spiro atoms. The fourth-order valence-corrected chi connectivity index (χ4v) is 4.80. The summed E-state index contributed by atoms with van der Waals surface area (Å²) in [6.07, 6.45) is 7.20. The number of aliphatic hydroxyl groups is 1. The van der Waals surface area contributed by atoms with Crippen molar-refractivity contribution in [3.8, 4) is 0 Å². The molecule has 2 heteroatoms. The topological polar surface area (TPSA) is 32.3 Å². The van der Waals surface area contributed by atoms with Gasteiger partial charge in [0.15, 0.2) is 0 Å². The summed E-state index contributed by atoms with van der Waals surface area (Å²) in [5.41, 5.74) is 0.0137. The van der Waals surface area contributed by atoms with E-state index in [2.05, 4.69) is 12.2 Å². The molecule has 80 valence electrons. The van der Waals surface area contributed by atoms with Gasteiger partial charge in [0.05, 0.1) is 5.60 Å². The van der Waals surface area contributed by atoms with Gasteiger partial charge in [-0.2, -0.15) is 0 Å². The number of rotatable bonds is 2. The molecular formula is C12H21NO. The minimum atomic E-state index is -0.299. The lowest BCUT2D eigenvalue weighted by atomic mass is 9.51. The van der Waals surface area contributed by atoms with Crippen LogP contribution in [0.3, 0.4) is 0 Å². The molecule has 4 fully saturated rings. The maximum atomic E-state index is 10.5. The summed E-state index contributed by atoms with van der Waals surface area (Å²) in [6, 6.07) is 0. The van der Waals surface area contributed by atoms with Crippen molar-refractivity contribution in [3.63, 3.8) is 0 Å². The number of hydrogen-bond acceptors (Lipinski definition) is 2. The van der Waals surface area contributed by atoms with Gasteiger partial charge in [-0.15, -0.1) is 0 Å². The summed E-state index contributed by atoms with van der Waals surface area (Å²) in [5.74, 6) is 1.61. The molecule has 0 aromatic heterocycles. The zero-order valence-electron chi connectivity index (χ0n) is 9.05. The van der Waals surface area contributed by atoms with Gasteiger partial charge < -0.3 is 10.4 Å². The Morgan fingerprint density at radius 2 is 1.86 bits per heavy atom. The third-order valence-electron chi connectivity index (χ3n) is 4.58. The number of nitrogens with one attached hydrogen (secondary N) is 1. The molecule has 0 amide bonds. The van der Waals surface area contributed by atoms with Crippen molar-refractivity contribution in [1.82, 2.24) is 5.32 Å². The van der Waals surface area contributed by atoms with Crippen LogP contribution in [-0.2, 0) is 0 Å². The van der Waals surface area contributed by atoms with Gasteiger partial charge in [0.25, 0.3) is 0 Å². The minimum absolute atomic E-state index is 0.299. The van der Waals surface area contributed by atoms with E-state index in [4.69, 9.17) is 0 Å². The smallest absolute Gasteiger partial charge is 0.0670 e. The SMILES string of the molecule is CCNC12CC3CC(CC(O)(C3)C1)C2. The summed E-state index contributed by atoms with van der Waals surface area (Å²) in [5, 5.41) is 14.1. The van der Waals surface area contributed by atoms with Gasteiger partial charge >= 0.3 is 0 Å². The maximum Gasteiger partial charge on any atom is 0.0670 e. The van der Waals surface area contributed by atoms with Crippen molar-refractivity contribution in [1.29, 1.82) is 0 Å². The van der Waals surface area contributed by atoms with Gasteiger partial charge in [-0.05, 0) is 56.9 Å². The van der Waals surface area contributed by atoms with Crippen LogP contribution in [0.4, 0.5) is 0 Å². The Kier molecular flexibility index (Phi) is 1.79. The average molecular weight is 195 g/mol. The lowest BCUT2D eigenvalue weighted by Gasteiger charge is -2.60. The second-order valence-corrected chi connectivity index (χ2v) is 6.00. The van der Waals surface area contributed by atoms with Crippen LogP contribution in [0, 0.1) is 11.8 Å². The first-order valence-corrected chi connectivity index (χ1v) is 6.11. The molecule has 0 radical (unpaired) electrons. The van der Waals surface area contributed by atoms with E-state index in [1.165, 1.54) is 19.3 Å². The molecule has 14 heavy (non-hydrogen) atoms. The lowest BCUT2D eigenvalue weighted by Crippen LogP contribution is -2.64. The quantitative estimate of drug-likeness (QED) is 0.702. The molecule has 0 saturated heterocycles. The Morgan fingerprint density at radius 3 is 2.36 bits per heavy atom. The van der Waals surface area contributed by atoms with Gasteiger partial charge in [-0.3, -0.25) is 0 Å². The minimum Gasteiger partial charge on any atom is -0.390 e. The van der Waals surface area contributed by atoms with Crippen molar-refractivity contribution < 1.29 is 5.11 Å². The lowest BCUT2D eigenvalue weighted by molar-refractivity contribution is -0.141. The molecule has 4 rings (SSSR count). The van der Waals surface area contributed by atoms with Crippen molar-refractivity contribution in [3.05, 3.63) is 0 Å². The van der Waals surface area contributed by atoms with E-state index in [9.17, 15) is 5.11 Å². The molecule has 2 nitrogen and oxygen atoms in total. The Bertz CT molecular complexity index is 237. The summed E-state index contributed by atoms with van der Waals surface area (Å²) in [7, 11) is 0. The van der Waals surface area contributed by atoms with E-state index in [0.717, 1.165) is 37.6 Å².